The van der Waals surface area contributed by atoms with E-state index in [1.807, 2.05) is 0 Å². The predicted octanol–water partition coefficient (Wildman–Crippen LogP) is 2.47. The quantitative estimate of drug-likeness (QED) is 0.480. The van der Waals surface area contributed by atoms with Crippen molar-refractivity contribution in [3.05, 3.63) is 10.6 Å². The van der Waals surface area contributed by atoms with E-state index in [9.17, 15) is 4.79 Å². The molecule has 0 aliphatic heterocycles. The highest BCUT2D eigenvalue weighted by Gasteiger charge is 2.47. The third-order valence-corrected chi connectivity index (χ3v) is 3.45. The third-order valence-electron chi connectivity index (χ3n) is 3.07. The van der Waals surface area contributed by atoms with Gasteiger partial charge in [0.2, 0.25) is 0 Å². The van der Waals surface area contributed by atoms with Gasteiger partial charge in [0.1, 0.15) is 5.03 Å². The summed E-state index contributed by atoms with van der Waals surface area (Å²) in [5.41, 5.74) is 1.16. The molecule has 2 fully saturated rings. The summed E-state index contributed by atoms with van der Waals surface area (Å²) in [6.45, 7) is 0. The molecule has 2 saturated carbocycles. The van der Waals surface area contributed by atoms with Gasteiger partial charge in [-0.15, -0.1) is 0 Å². The Bertz CT molecular complexity index is 256. The normalized spacial score (nSPS) is 30.8. The molecule has 2 aliphatic carbocycles. The third kappa shape index (κ3) is 1.48. The van der Waals surface area contributed by atoms with E-state index in [1.54, 1.807) is 0 Å². The van der Waals surface area contributed by atoms with E-state index in [0.29, 0.717) is 16.9 Å². The number of allylic oxidation sites excluding steroid dienone is 1. The van der Waals surface area contributed by atoms with Crippen LogP contribution in [-0.2, 0) is 9.53 Å². The molecule has 3 heteroatoms. The monoisotopic (exact) mass is 200 g/mol. The number of ether oxygens (including phenoxy) is 1. The zero-order chi connectivity index (χ0) is 9.42. The topological polar surface area (TPSA) is 26.3 Å². The fraction of sp³-hybridized carbons (Fsp3) is 0.700. The van der Waals surface area contributed by atoms with E-state index in [1.165, 1.54) is 32.8 Å². The molecule has 0 heterocycles. The first-order valence-electron chi connectivity index (χ1n) is 4.73. The van der Waals surface area contributed by atoms with Crippen molar-refractivity contribution in [2.24, 2.45) is 11.8 Å². The molecule has 0 radical (unpaired) electrons. The number of halogens is 1. The van der Waals surface area contributed by atoms with E-state index in [0.717, 1.165) is 5.57 Å². The van der Waals surface area contributed by atoms with E-state index >= 15 is 0 Å². The molecule has 2 nitrogen and oxygen atoms in total. The summed E-state index contributed by atoms with van der Waals surface area (Å²) in [5.74, 6) is 0.826. The maximum absolute atomic E-state index is 11.1. The van der Waals surface area contributed by atoms with E-state index in [-0.39, 0.29) is 5.97 Å². The smallest absolute Gasteiger partial charge is 0.349 e. The highest BCUT2D eigenvalue weighted by molar-refractivity contribution is 6.42. The van der Waals surface area contributed by atoms with Crippen LogP contribution in [0.5, 0.6) is 0 Å². The number of esters is 1. The van der Waals surface area contributed by atoms with Gasteiger partial charge in [0, 0.05) is 0 Å². The first kappa shape index (κ1) is 9.07. The molecule has 0 saturated heterocycles. The summed E-state index contributed by atoms with van der Waals surface area (Å²) >= 11 is 5.91. The SMILES string of the molecule is COC(=O)C(Cl)=C1C2CCCCC12. The van der Waals surface area contributed by atoms with Crippen LogP contribution in [0.2, 0.25) is 0 Å². The van der Waals surface area contributed by atoms with Crippen LogP contribution in [0.4, 0.5) is 0 Å². The minimum atomic E-state index is -0.369. The van der Waals surface area contributed by atoms with Gasteiger partial charge in [-0.05, 0) is 30.3 Å². The first-order valence-corrected chi connectivity index (χ1v) is 5.11. The van der Waals surface area contributed by atoms with Crippen LogP contribution in [-0.4, -0.2) is 13.1 Å². The first-order chi connectivity index (χ1) is 6.25. The Morgan fingerprint density at radius 3 is 2.38 bits per heavy atom. The summed E-state index contributed by atoms with van der Waals surface area (Å²) in [5, 5.41) is 0.347. The summed E-state index contributed by atoms with van der Waals surface area (Å²) < 4.78 is 4.59. The molecule has 2 unspecified atom stereocenters. The molecule has 0 aromatic heterocycles. The molecule has 0 N–H and O–H groups in total. The molecule has 0 spiro atoms. The largest absolute Gasteiger partial charge is 0.465 e. The van der Waals surface area contributed by atoms with Gasteiger partial charge in [-0.3, -0.25) is 0 Å². The van der Waals surface area contributed by atoms with Gasteiger partial charge in [0.15, 0.2) is 0 Å². The Morgan fingerprint density at radius 1 is 1.38 bits per heavy atom. The van der Waals surface area contributed by atoms with Crippen molar-refractivity contribution in [2.75, 3.05) is 7.11 Å². The summed E-state index contributed by atoms with van der Waals surface area (Å²) in [6.07, 6.45) is 4.95. The lowest BCUT2D eigenvalue weighted by atomic mass is 10.0. The lowest BCUT2D eigenvalue weighted by molar-refractivity contribution is -0.135. The Balaban J connectivity index is 2.13. The van der Waals surface area contributed by atoms with Gasteiger partial charge in [-0.25, -0.2) is 4.79 Å². The van der Waals surface area contributed by atoms with Crippen molar-refractivity contribution in [1.29, 1.82) is 0 Å². The fourth-order valence-corrected chi connectivity index (χ4v) is 2.71. The molecule has 2 rings (SSSR count). The van der Waals surface area contributed by atoms with Crippen molar-refractivity contribution in [2.45, 2.75) is 25.7 Å². The lowest BCUT2D eigenvalue weighted by Gasteiger charge is -2.04. The van der Waals surface area contributed by atoms with Crippen LogP contribution in [0, 0.1) is 11.8 Å². The number of carbonyl (C=O) groups is 1. The van der Waals surface area contributed by atoms with Gasteiger partial charge >= 0.3 is 5.97 Å². The van der Waals surface area contributed by atoms with Crippen LogP contribution >= 0.6 is 11.6 Å². The number of carbonyl (C=O) groups excluding carboxylic acids is 1. The summed E-state index contributed by atoms with van der Waals surface area (Å²) in [7, 11) is 1.37. The molecule has 0 amide bonds. The highest BCUT2D eigenvalue weighted by atomic mass is 35.5. The van der Waals surface area contributed by atoms with Crippen molar-refractivity contribution >= 4 is 17.6 Å². The molecule has 13 heavy (non-hydrogen) atoms. The average molecular weight is 201 g/mol. The van der Waals surface area contributed by atoms with Gasteiger partial charge < -0.3 is 4.74 Å². The molecule has 0 aromatic rings. The van der Waals surface area contributed by atoms with Crippen LogP contribution in [0.15, 0.2) is 10.6 Å². The Hall–Kier alpha value is -0.500. The Morgan fingerprint density at radius 2 is 1.92 bits per heavy atom. The average Bonchev–Trinajstić information content (AvgIpc) is 2.89. The highest BCUT2D eigenvalue weighted by Crippen LogP contribution is 2.56. The summed E-state index contributed by atoms with van der Waals surface area (Å²) in [4.78, 5) is 11.1. The molecular formula is C10H13ClO2. The van der Waals surface area contributed by atoms with Crippen LogP contribution in [0.1, 0.15) is 25.7 Å². The molecule has 2 aliphatic rings. The Kier molecular flexibility index (Phi) is 2.33. The molecular weight excluding hydrogens is 188 g/mol. The second kappa shape index (κ2) is 3.33. The van der Waals surface area contributed by atoms with Gasteiger partial charge in [0.25, 0.3) is 0 Å². The van der Waals surface area contributed by atoms with Gasteiger partial charge in [-0.2, -0.15) is 0 Å². The predicted molar refractivity (Wildman–Crippen MR) is 50.3 cm³/mol. The Labute approximate surface area is 82.9 Å². The zero-order valence-corrected chi connectivity index (χ0v) is 8.43. The molecule has 0 bridgehead atoms. The number of fused-ring (bicyclic) bond motifs is 1. The molecule has 0 aromatic carbocycles. The number of rotatable bonds is 1. The van der Waals surface area contributed by atoms with E-state index in [4.69, 9.17) is 11.6 Å². The van der Waals surface area contributed by atoms with Crippen molar-refractivity contribution in [3.8, 4) is 0 Å². The number of hydrogen-bond donors (Lipinski definition) is 0. The fourth-order valence-electron chi connectivity index (χ4n) is 2.35. The van der Waals surface area contributed by atoms with Crippen molar-refractivity contribution < 1.29 is 9.53 Å². The maximum Gasteiger partial charge on any atom is 0.349 e. The van der Waals surface area contributed by atoms with Crippen LogP contribution in [0.3, 0.4) is 0 Å². The minimum Gasteiger partial charge on any atom is -0.465 e. The van der Waals surface area contributed by atoms with E-state index < -0.39 is 0 Å². The second-order valence-corrected chi connectivity index (χ2v) is 4.14. The summed E-state index contributed by atoms with van der Waals surface area (Å²) in [6, 6.07) is 0. The lowest BCUT2D eigenvalue weighted by Crippen LogP contribution is -1.99. The van der Waals surface area contributed by atoms with Gasteiger partial charge in [0.05, 0.1) is 7.11 Å². The molecule has 72 valence electrons. The van der Waals surface area contributed by atoms with E-state index in [2.05, 4.69) is 4.74 Å². The number of methoxy groups -OCH3 is 1. The maximum atomic E-state index is 11.1. The second-order valence-electron chi connectivity index (χ2n) is 3.76. The van der Waals surface area contributed by atoms with Crippen LogP contribution in [0.25, 0.3) is 0 Å². The van der Waals surface area contributed by atoms with Crippen LogP contribution < -0.4 is 0 Å². The standard InChI is InChI=1S/C10H13ClO2/c1-13-10(12)9(11)8-6-4-2-3-5-7(6)8/h6-7H,2-5H2,1H3. The molecule has 2 atom stereocenters. The van der Waals surface area contributed by atoms with Crippen molar-refractivity contribution in [3.63, 3.8) is 0 Å². The van der Waals surface area contributed by atoms with Gasteiger partial charge in [-0.1, -0.05) is 24.4 Å². The number of hydrogen-bond acceptors (Lipinski definition) is 2. The minimum absolute atomic E-state index is 0.347. The van der Waals surface area contributed by atoms with Crippen molar-refractivity contribution in [1.82, 2.24) is 0 Å². The zero-order valence-electron chi connectivity index (χ0n) is 7.68.